The van der Waals surface area contributed by atoms with Gasteiger partial charge in [0.25, 0.3) is 0 Å². The Bertz CT molecular complexity index is 463. The van der Waals surface area contributed by atoms with Crippen molar-refractivity contribution in [1.82, 2.24) is 10.2 Å². The number of allylic oxidation sites excluding steroid dienone is 2. The second-order valence-electron chi connectivity index (χ2n) is 6.30. The van der Waals surface area contributed by atoms with E-state index in [4.69, 9.17) is 9.47 Å². The zero-order valence-electron chi connectivity index (χ0n) is 14.1. The molecule has 0 radical (unpaired) electrons. The predicted octanol–water partition coefficient (Wildman–Crippen LogP) is 2.06. The van der Waals surface area contributed by atoms with Crippen LogP contribution in [-0.4, -0.2) is 50.2 Å². The maximum absolute atomic E-state index is 11.9. The molecule has 2 aliphatic heterocycles. The first-order valence-electron chi connectivity index (χ1n) is 8.09. The molecular formula is C17H28N2O3. The number of ether oxygens (including phenoxy) is 2. The highest BCUT2D eigenvalue weighted by molar-refractivity contribution is 5.82. The Kier molecular flexibility index (Phi) is 5.51. The second kappa shape index (κ2) is 7.18. The minimum atomic E-state index is -0.234. The number of rotatable bonds is 3. The molecule has 0 aliphatic carbocycles. The number of hydrogen-bond acceptors (Lipinski definition) is 4. The second-order valence-corrected chi connectivity index (χ2v) is 6.30. The molecule has 2 aliphatic rings. The molecule has 1 unspecified atom stereocenters. The molecule has 5 heteroatoms. The van der Waals surface area contributed by atoms with E-state index in [1.807, 2.05) is 26.0 Å². The Hall–Kier alpha value is -1.49. The smallest absolute Gasteiger partial charge is 0.225 e. The predicted molar refractivity (Wildman–Crippen MR) is 86.2 cm³/mol. The van der Waals surface area contributed by atoms with Crippen molar-refractivity contribution in [3.8, 4) is 0 Å². The Labute approximate surface area is 133 Å². The first-order valence-corrected chi connectivity index (χ1v) is 8.09. The number of amides is 1. The van der Waals surface area contributed by atoms with Crippen LogP contribution in [0, 0.1) is 5.41 Å². The highest BCUT2D eigenvalue weighted by atomic mass is 16.6. The minimum Gasteiger partial charge on any atom is -0.486 e. The van der Waals surface area contributed by atoms with Crippen LogP contribution in [0.2, 0.25) is 0 Å². The van der Waals surface area contributed by atoms with Gasteiger partial charge in [0.15, 0.2) is 11.5 Å². The van der Waals surface area contributed by atoms with E-state index in [0.717, 1.165) is 44.0 Å². The summed E-state index contributed by atoms with van der Waals surface area (Å²) in [6.45, 7) is 9.24. The van der Waals surface area contributed by atoms with Gasteiger partial charge in [-0.3, -0.25) is 9.69 Å². The summed E-state index contributed by atoms with van der Waals surface area (Å²) in [6, 6.07) is 0. The third-order valence-corrected chi connectivity index (χ3v) is 4.68. The van der Waals surface area contributed by atoms with Gasteiger partial charge in [-0.2, -0.15) is 0 Å². The Balaban J connectivity index is 1.86. The average molecular weight is 308 g/mol. The van der Waals surface area contributed by atoms with E-state index in [1.165, 1.54) is 0 Å². The van der Waals surface area contributed by atoms with Gasteiger partial charge in [-0.25, -0.2) is 0 Å². The van der Waals surface area contributed by atoms with Gasteiger partial charge in [-0.15, -0.1) is 0 Å². The molecule has 5 nitrogen and oxygen atoms in total. The monoisotopic (exact) mass is 308 g/mol. The van der Waals surface area contributed by atoms with Gasteiger partial charge in [0, 0.05) is 19.0 Å². The van der Waals surface area contributed by atoms with Gasteiger partial charge in [-0.1, -0.05) is 6.92 Å². The lowest BCUT2D eigenvalue weighted by Gasteiger charge is -2.40. The molecule has 124 valence electrons. The number of carbonyl (C=O) groups excluding carboxylic acids is 1. The van der Waals surface area contributed by atoms with Crippen LogP contribution in [0.1, 0.15) is 33.6 Å². The van der Waals surface area contributed by atoms with Crippen LogP contribution in [-0.2, 0) is 14.3 Å². The van der Waals surface area contributed by atoms with Crippen molar-refractivity contribution in [3.05, 3.63) is 23.7 Å². The molecule has 0 aromatic rings. The SMILES string of the molecule is C/C=C1/OCC(CN2CCC(C)(C(=O)NC)CC2)O/C1=C/C. The molecule has 2 heterocycles. The van der Waals surface area contributed by atoms with Crippen LogP contribution >= 0.6 is 0 Å². The third kappa shape index (κ3) is 3.64. The van der Waals surface area contributed by atoms with Gasteiger partial charge in [0.05, 0.1) is 0 Å². The van der Waals surface area contributed by atoms with Crippen molar-refractivity contribution >= 4 is 5.91 Å². The maximum atomic E-state index is 11.9. The zero-order valence-corrected chi connectivity index (χ0v) is 14.1. The average Bonchev–Trinajstić information content (AvgIpc) is 2.56. The van der Waals surface area contributed by atoms with Gasteiger partial charge >= 0.3 is 0 Å². The molecule has 2 fully saturated rings. The number of likely N-dealkylation sites (tertiary alicyclic amines) is 1. The summed E-state index contributed by atoms with van der Waals surface area (Å²) in [6.07, 6.45) is 5.70. The molecule has 1 atom stereocenters. The zero-order chi connectivity index (χ0) is 16.2. The van der Waals surface area contributed by atoms with Crippen LogP contribution < -0.4 is 5.32 Å². The van der Waals surface area contributed by atoms with Crippen molar-refractivity contribution in [3.63, 3.8) is 0 Å². The van der Waals surface area contributed by atoms with Gasteiger partial charge in [0.1, 0.15) is 12.7 Å². The molecule has 2 saturated heterocycles. The molecule has 0 spiro atoms. The lowest BCUT2D eigenvalue weighted by Crippen LogP contribution is -2.49. The van der Waals surface area contributed by atoms with Crippen molar-refractivity contribution in [2.24, 2.45) is 5.41 Å². The highest BCUT2D eigenvalue weighted by Crippen LogP contribution is 2.31. The van der Waals surface area contributed by atoms with E-state index in [9.17, 15) is 4.79 Å². The van der Waals surface area contributed by atoms with Crippen molar-refractivity contribution < 1.29 is 14.3 Å². The molecule has 1 amide bonds. The summed E-state index contributed by atoms with van der Waals surface area (Å²) >= 11 is 0. The lowest BCUT2D eigenvalue weighted by atomic mass is 9.79. The van der Waals surface area contributed by atoms with Crippen LogP contribution in [0.4, 0.5) is 0 Å². The summed E-state index contributed by atoms with van der Waals surface area (Å²) < 4.78 is 11.8. The molecule has 0 bridgehead atoms. The van der Waals surface area contributed by atoms with Gasteiger partial charge in [-0.05, 0) is 51.9 Å². The van der Waals surface area contributed by atoms with E-state index in [2.05, 4.69) is 17.1 Å². The molecule has 0 aromatic carbocycles. The summed E-state index contributed by atoms with van der Waals surface area (Å²) in [4.78, 5) is 14.3. The van der Waals surface area contributed by atoms with Crippen LogP contribution in [0.5, 0.6) is 0 Å². The number of nitrogens with one attached hydrogen (secondary N) is 1. The largest absolute Gasteiger partial charge is 0.486 e. The standard InChI is InChI=1S/C17H28N2O3/c1-5-14-15(6-2)22-13(12-21-14)11-19-9-7-17(3,8-10-19)16(20)18-4/h5-6,13H,7-12H2,1-4H3,(H,18,20)/b14-5+,15-6+. The molecule has 1 N–H and O–H groups in total. The van der Waals surface area contributed by atoms with Gasteiger partial charge < -0.3 is 14.8 Å². The first kappa shape index (κ1) is 16.9. The van der Waals surface area contributed by atoms with Crippen LogP contribution in [0.25, 0.3) is 0 Å². The fourth-order valence-corrected chi connectivity index (χ4v) is 3.10. The fourth-order valence-electron chi connectivity index (χ4n) is 3.10. The van der Waals surface area contributed by atoms with Crippen LogP contribution in [0.15, 0.2) is 23.7 Å². The molecule has 0 aromatic heterocycles. The summed E-state index contributed by atoms with van der Waals surface area (Å²) in [7, 11) is 1.71. The molecule has 0 saturated carbocycles. The number of piperidine rings is 1. The fraction of sp³-hybridized carbons (Fsp3) is 0.706. The van der Waals surface area contributed by atoms with E-state index in [0.29, 0.717) is 6.61 Å². The quantitative estimate of drug-likeness (QED) is 0.867. The van der Waals surface area contributed by atoms with Gasteiger partial charge in [0.2, 0.25) is 5.91 Å². The van der Waals surface area contributed by atoms with E-state index < -0.39 is 0 Å². The van der Waals surface area contributed by atoms with Crippen molar-refractivity contribution in [2.45, 2.75) is 39.7 Å². The maximum Gasteiger partial charge on any atom is 0.225 e. The summed E-state index contributed by atoms with van der Waals surface area (Å²) in [5.41, 5.74) is -0.234. The first-order chi connectivity index (χ1) is 10.5. The van der Waals surface area contributed by atoms with Crippen LogP contribution in [0.3, 0.4) is 0 Å². The molecule has 22 heavy (non-hydrogen) atoms. The third-order valence-electron chi connectivity index (χ3n) is 4.68. The number of nitrogens with zero attached hydrogens (tertiary/aromatic N) is 1. The highest BCUT2D eigenvalue weighted by Gasteiger charge is 2.37. The topological polar surface area (TPSA) is 50.8 Å². The summed E-state index contributed by atoms with van der Waals surface area (Å²) in [5.74, 6) is 1.80. The van der Waals surface area contributed by atoms with Crippen molar-refractivity contribution in [2.75, 3.05) is 33.3 Å². The Morgan fingerprint density at radius 1 is 1.32 bits per heavy atom. The number of hydrogen-bond donors (Lipinski definition) is 1. The minimum absolute atomic E-state index is 0.0549. The van der Waals surface area contributed by atoms with E-state index in [-0.39, 0.29) is 17.4 Å². The normalized spacial score (nSPS) is 29.0. The molecule has 2 rings (SSSR count). The summed E-state index contributed by atoms with van der Waals surface area (Å²) in [5, 5.41) is 2.78. The number of carbonyl (C=O) groups is 1. The Morgan fingerprint density at radius 2 is 1.95 bits per heavy atom. The van der Waals surface area contributed by atoms with E-state index >= 15 is 0 Å². The van der Waals surface area contributed by atoms with E-state index in [1.54, 1.807) is 7.05 Å². The van der Waals surface area contributed by atoms with Crippen molar-refractivity contribution in [1.29, 1.82) is 0 Å². The lowest BCUT2D eigenvalue weighted by molar-refractivity contribution is -0.132. The molecular weight excluding hydrogens is 280 g/mol. The Morgan fingerprint density at radius 3 is 2.50 bits per heavy atom.